The number of rotatable bonds is 7. The van der Waals surface area contributed by atoms with Crippen LogP contribution in [0.3, 0.4) is 0 Å². The molecular formula is C23H24N2. The topological polar surface area (TPSA) is 17.8 Å². The van der Waals surface area contributed by atoms with Crippen molar-refractivity contribution in [2.45, 2.75) is 13.8 Å². The first-order chi connectivity index (χ1) is 12.3. The van der Waals surface area contributed by atoms with Gasteiger partial charge in [0.2, 0.25) is 0 Å². The molecule has 0 bridgehead atoms. The number of imidazole rings is 1. The Bertz CT molecular complexity index is 844. The summed E-state index contributed by atoms with van der Waals surface area (Å²) in [5.41, 5.74) is 4.00. The van der Waals surface area contributed by atoms with Crippen molar-refractivity contribution < 1.29 is 0 Å². The lowest BCUT2D eigenvalue weighted by Gasteiger charge is -2.11. The Kier molecular flexibility index (Phi) is 6.73. The molecule has 0 spiro atoms. The average Bonchev–Trinajstić information content (AvgIpc) is 2.98. The van der Waals surface area contributed by atoms with Gasteiger partial charge in [0.15, 0.2) is 0 Å². The lowest BCUT2D eigenvalue weighted by Crippen LogP contribution is -2.01. The Morgan fingerprint density at radius 1 is 1.00 bits per heavy atom. The van der Waals surface area contributed by atoms with E-state index in [2.05, 4.69) is 35.9 Å². The Balaban J connectivity index is 2.85. The number of benzene rings is 1. The van der Waals surface area contributed by atoms with Crippen LogP contribution in [0.15, 0.2) is 86.0 Å². The summed E-state index contributed by atoms with van der Waals surface area (Å²) >= 11 is 0. The van der Waals surface area contributed by atoms with Gasteiger partial charge in [-0.15, -0.1) is 0 Å². The summed E-state index contributed by atoms with van der Waals surface area (Å²) < 4.78 is 2.15. The zero-order chi connectivity index (χ0) is 18.1. The van der Waals surface area contributed by atoms with Gasteiger partial charge in [-0.3, -0.25) is 4.57 Å². The largest absolute Gasteiger partial charge is 0.292 e. The first-order valence-electron chi connectivity index (χ1n) is 8.32. The third kappa shape index (κ3) is 4.24. The molecular weight excluding hydrogens is 304 g/mol. The van der Waals surface area contributed by atoms with Gasteiger partial charge in [0.25, 0.3) is 0 Å². The molecule has 0 aliphatic carbocycles. The van der Waals surface area contributed by atoms with E-state index in [1.54, 1.807) is 12.2 Å². The highest BCUT2D eigenvalue weighted by Gasteiger charge is 2.16. The first-order valence-corrected chi connectivity index (χ1v) is 8.32. The summed E-state index contributed by atoms with van der Waals surface area (Å²) in [5.74, 6) is 0.892. The van der Waals surface area contributed by atoms with Crippen molar-refractivity contribution in [2.75, 3.05) is 0 Å². The second-order valence-electron chi connectivity index (χ2n) is 5.33. The van der Waals surface area contributed by atoms with E-state index in [-0.39, 0.29) is 0 Å². The fourth-order valence-corrected chi connectivity index (χ4v) is 2.58. The highest BCUT2D eigenvalue weighted by Crippen LogP contribution is 2.28. The molecule has 0 aliphatic rings. The van der Waals surface area contributed by atoms with E-state index in [4.69, 9.17) is 4.98 Å². The normalized spacial score (nSPS) is 12.5. The van der Waals surface area contributed by atoms with Gasteiger partial charge in [-0.1, -0.05) is 73.9 Å². The summed E-state index contributed by atoms with van der Waals surface area (Å²) in [6, 6.07) is 10.2. The summed E-state index contributed by atoms with van der Waals surface area (Å²) in [4.78, 5) is 4.89. The highest BCUT2D eigenvalue weighted by atomic mass is 15.1. The number of hydrogen-bond acceptors (Lipinski definition) is 1. The van der Waals surface area contributed by atoms with E-state index in [0.29, 0.717) is 0 Å². The van der Waals surface area contributed by atoms with E-state index >= 15 is 0 Å². The van der Waals surface area contributed by atoms with Crippen LogP contribution in [-0.2, 0) is 0 Å². The molecule has 2 rings (SSSR count). The summed E-state index contributed by atoms with van der Waals surface area (Å²) in [6.45, 7) is 11.6. The lowest BCUT2D eigenvalue weighted by molar-refractivity contribution is 1.09. The molecule has 2 nitrogen and oxygen atoms in total. The predicted octanol–water partition coefficient (Wildman–Crippen LogP) is 6.39. The molecule has 0 unspecified atom stereocenters. The van der Waals surface area contributed by atoms with Crippen molar-refractivity contribution in [3.05, 3.63) is 97.4 Å². The van der Waals surface area contributed by atoms with Gasteiger partial charge < -0.3 is 0 Å². The van der Waals surface area contributed by atoms with E-state index in [1.165, 1.54) is 0 Å². The van der Waals surface area contributed by atoms with Crippen molar-refractivity contribution in [1.82, 2.24) is 9.55 Å². The minimum Gasteiger partial charge on any atom is -0.292 e. The SMILES string of the molecule is C=C/C=C\C(=C/C=C)n1c(-c2ccccc2)nc(/C=C\C)c1/C=C\C. The van der Waals surface area contributed by atoms with Crippen molar-refractivity contribution >= 4 is 17.8 Å². The van der Waals surface area contributed by atoms with E-state index in [0.717, 1.165) is 28.5 Å². The van der Waals surface area contributed by atoms with Crippen LogP contribution in [0.25, 0.3) is 29.2 Å². The Morgan fingerprint density at radius 3 is 2.32 bits per heavy atom. The van der Waals surface area contributed by atoms with Crippen LogP contribution in [0, 0.1) is 0 Å². The molecule has 1 heterocycles. The smallest absolute Gasteiger partial charge is 0.145 e. The van der Waals surface area contributed by atoms with Gasteiger partial charge in [-0.2, -0.15) is 0 Å². The molecule has 0 saturated carbocycles. The van der Waals surface area contributed by atoms with E-state index < -0.39 is 0 Å². The van der Waals surface area contributed by atoms with Gasteiger partial charge in [0.05, 0.1) is 11.4 Å². The van der Waals surface area contributed by atoms with Gasteiger partial charge >= 0.3 is 0 Å². The maximum atomic E-state index is 4.89. The van der Waals surface area contributed by atoms with Crippen LogP contribution < -0.4 is 0 Å². The first kappa shape index (κ1) is 18.2. The molecule has 0 fully saturated rings. The minimum atomic E-state index is 0.892. The van der Waals surface area contributed by atoms with Crippen LogP contribution in [-0.4, -0.2) is 9.55 Å². The van der Waals surface area contributed by atoms with Crippen LogP contribution in [0.5, 0.6) is 0 Å². The van der Waals surface area contributed by atoms with Crippen LogP contribution >= 0.6 is 0 Å². The van der Waals surface area contributed by atoms with Crippen LogP contribution in [0.4, 0.5) is 0 Å². The van der Waals surface area contributed by atoms with E-state index in [1.807, 2.05) is 68.5 Å². The maximum absolute atomic E-state index is 4.89. The molecule has 2 aromatic rings. The summed E-state index contributed by atoms with van der Waals surface area (Å²) in [7, 11) is 0. The molecule has 0 amide bonds. The zero-order valence-corrected chi connectivity index (χ0v) is 14.9. The molecule has 0 radical (unpaired) electrons. The summed E-state index contributed by atoms with van der Waals surface area (Å²) in [5, 5.41) is 0. The molecule has 0 saturated heterocycles. The third-order valence-electron chi connectivity index (χ3n) is 3.57. The van der Waals surface area contributed by atoms with Gasteiger partial charge in [0.1, 0.15) is 5.82 Å². The van der Waals surface area contributed by atoms with Crippen molar-refractivity contribution in [3.63, 3.8) is 0 Å². The summed E-state index contributed by atoms with van der Waals surface area (Å²) in [6.07, 6.45) is 17.6. The fraction of sp³-hybridized carbons (Fsp3) is 0.0870. The molecule has 0 atom stereocenters. The Hall–Kier alpha value is -3.13. The third-order valence-corrected chi connectivity index (χ3v) is 3.57. The average molecular weight is 328 g/mol. The van der Waals surface area contributed by atoms with E-state index in [9.17, 15) is 0 Å². The van der Waals surface area contributed by atoms with Crippen molar-refractivity contribution in [2.24, 2.45) is 0 Å². The van der Waals surface area contributed by atoms with Crippen molar-refractivity contribution in [1.29, 1.82) is 0 Å². The standard InChI is InChI=1S/C23H24N2/c1-5-9-18-20(13-6-2)25-22(15-8-4)21(14-7-3)24-23(25)19-16-11-10-12-17-19/h5-18H,1-2H2,3-4H3/b14-7-,15-8-,18-9-,20-13+. The lowest BCUT2D eigenvalue weighted by atomic mass is 10.2. The maximum Gasteiger partial charge on any atom is 0.145 e. The molecule has 0 N–H and O–H groups in total. The van der Waals surface area contributed by atoms with Crippen molar-refractivity contribution in [3.8, 4) is 11.4 Å². The van der Waals surface area contributed by atoms with Crippen LogP contribution in [0.2, 0.25) is 0 Å². The minimum absolute atomic E-state index is 0.892. The van der Waals surface area contributed by atoms with Gasteiger partial charge in [0, 0.05) is 11.3 Å². The second-order valence-corrected chi connectivity index (χ2v) is 5.33. The number of nitrogens with zero attached hydrogens (tertiary/aromatic N) is 2. The molecule has 1 aromatic heterocycles. The molecule has 126 valence electrons. The van der Waals surface area contributed by atoms with Gasteiger partial charge in [-0.25, -0.2) is 4.98 Å². The van der Waals surface area contributed by atoms with Gasteiger partial charge in [-0.05, 0) is 38.2 Å². The zero-order valence-electron chi connectivity index (χ0n) is 14.9. The number of hydrogen-bond donors (Lipinski definition) is 0. The second kappa shape index (κ2) is 9.24. The monoisotopic (exact) mass is 328 g/mol. The van der Waals surface area contributed by atoms with Crippen LogP contribution in [0.1, 0.15) is 25.2 Å². The predicted molar refractivity (Wildman–Crippen MR) is 111 cm³/mol. The molecule has 1 aromatic carbocycles. The highest BCUT2D eigenvalue weighted by molar-refractivity contribution is 5.76. The fourth-order valence-electron chi connectivity index (χ4n) is 2.58. The number of allylic oxidation sites excluding steroid dienone is 8. The number of aromatic nitrogens is 2. The quantitative estimate of drug-likeness (QED) is 0.539. The molecule has 2 heteroatoms. The Morgan fingerprint density at radius 2 is 1.72 bits per heavy atom. The molecule has 0 aliphatic heterocycles. The Labute approximate surface area is 150 Å². The molecule has 25 heavy (non-hydrogen) atoms.